The third kappa shape index (κ3) is 3.27. The molecule has 4 rings (SSSR count). The van der Waals surface area contributed by atoms with Crippen LogP contribution in [0.3, 0.4) is 0 Å². The van der Waals surface area contributed by atoms with Crippen molar-refractivity contribution in [1.29, 1.82) is 0 Å². The molecular weight excluding hydrogens is 377 g/mol. The number of allylic oxidation sites excluding steroid dienone is 1. The van der Waals surface area contributed by atoms with E-state index in [1.807, 2.05) is 31.2 Å². The Morgan fingerprint density at radius 3 is 2.45 bits per heavy atom. The van der Waals surface area contributed by atoms with Gasteiger partial charge in [-0.25, -0.2) is 9.18 Å². The van der Waals surface area contributed by atoms with E-state index in [9.17, 15) is 14.0 Å². The second-order valence-electron chi connectivity index (χ2n) is 6.50. The molecule has 2 heterocycles. The van der Waals surface area contributed by atoms with Crippen LogP contribution in [0.2, 0.25) is 0 Å². The smallest absolute Gasteiger partial charge is 0.355 e. The fourth-order valence-corrected chi connectivity index (χ4v) is 3.20. The highest BCUT2D eigenvalue weighted by molar-refractivity contribution is 6.14. The number of carbonyl (C=O) groups excluding carboxylic acids is 2. The third-order valence-corrected chi connectivity index (χ3v) is 4.65. The molecule has 0 saturated heterocycles. The highest BCUT2D eigenvalue weighted by atomic mass is 19.1. The number of nitrogens with one attached hydrogen (secondary N) is 1. The van der Waals surface area contributed by atoms with E-state index in [1.165, 1.54) is 36.1 Å². The number of fused-ring (bicyclic) bond motifs is 1. The standard InChI is InChI=1S/C20H16FN5O3/c1-11-3-5-12(6-4-11)17-15(18(27)13-7-9-14(21)10-8-13)16(19(28)29-2)22-20-23-24-25-26(17)20/h3-10,17H,1-2H3,(H,22,23,25)/t17-/m1/s1. The van der Waals surface area contributed by atoms with Crippen LogP contribution in [0.15, 0.2) is 59.8 Å². The summed E-state index contributed by atoms with van der Waals surface area (Å²) in [6.07, 6.45) is 0. The zero-order valence-electron chi connectivity index (χ0n) is 15.6. The number of benzene rings is 2. The molecule has 0 bridgehead atoms. The van der Waals surface area contributed by atoms with E-state index < -0.39 is 23.6 Å². The first-order valence-corrected chi connectivity index (χ1v) is 8.74. The van der Waals surface area contributed by atoms with Crippen LogP contribution in [-0.4, -0.2) is 39.1 Å². The van der Waals surface area contributed by atoms with Crippen molar-refractivity contribution in [3.8, 4) is 0 Å². The topological polar surface area (TPSA) is 99.0 Å². The zero-order valence-corrected chi connectivity index (χ0v) is 15.6. The minimum absolute atomic E-state index is 0.0605. The van der Waals surface area contributed by atoms with E-state index in [-0.39, 0.29) is 22.8 Å². The van der Waals surface area contributed by atoms with Gasteiger partial charge in [-0.2, -0.15) is 4.68 Å². The lowest BCUT2D eigenvalue weighted by Crippen LogP contribution is -2.32. The summed E-state index contributed by atoms with van der Waals surface area (Å²) >= 11 is 0. The van der Waals surface area contributed by atoms with Crippen LogP contribution in [0.5, 0.6) is 0 Å². The van der Waals surface area contributed by atoms with Crippen LogP contribution in [0, 0.1) is 12.7 Å². The average Bonchev–Trinajstić information content (AvgIpc) is 3.21. The van der Waals surface area contributed by atoms with E-state index in [4.69, 9.17) is 4.74 Å². The summed E-state index contributed by atoms with van der Waals surface area (Å²) < 4.78 is 19.6. The minimum atomic E-state index is -0.770. The number of methoxy groups -OCH3 is 1. The second kappa shape index (κ2) is 7.27. The van der Waals surface area contributed by atoms with Gasteiger partial charge < -0.3 is 10.1 Å². The number of hydrogen-bond acceptors (Lipinski definition) is 7. The number of ether oxygens (including phenoxy) is 1. The molecule has 1 atom stereocenters. The molecule has 0 fully saturated rings. The quantitative estimate of drug-likeness (QED) is 0.537. The van der Waals surface area contributed by atoms with Crippen LogP contribution in [-0.2, 0) is 9.53 Å². The number of hydrogen-bond donors (Lipinski definition) is 1. The predicted molar refractivity (Wildman–Crippen MR) is 101 cm³/mol. The Balaban J connectivity index is 1.94. The van der Waals surface area contributed by atoms with Gasteiger partial charge in [-0.15, -0.1) is 0 Å². The Kier molecular flexibility index (Phi) is 4.63. The van der Waals surface area contributed by atoms with Crippen LogP contribution < -0.4 is 5.32 Å². The molecule has 0 spiro atoms. The van der Waals surface area contributed by atoms with E-state index in [0.29, 0.717) is 5.56 Å². The van der Waals surface area contributed by atoms with Gasteiger partial charge in [0.15, 0.2) is 5.78 Å². The summed E-state index contributed by atoms with van der Waals surface area (Å²) in [6, 6.07) is 11.8. The van der Waals surface area contributed by atoms with Gasteiger partial charge in [0, 0.05) is 5.56 Å². The lowest BCUT2D eigenvalue weighted by Gasteiger charge is -2.28. The molecule has 0 aliphatic carbocycles. The number of aromatic nitrogens is 4. The van der Waals surface area contributed by atoms with Gasteiger partial charge in [-0.05, 0) is 47.2 Å². The van der Waals surface area contributed by atoms with Crippen molar-refractivity contribution < 1.29 is 18.7 Å². The summed E-state index contributed by atoms with van der Waals surface area (Å²) in [5.74, 6) is -1.47. The molecular formula is C20H16FN5O3. The van der Waals surface area contributed by atoms with Gasteiger partial charge in [0.05, 0.1) is 12.7 Å². The van der Waals surface area contributed by atoms with Crippen molar-refractivity contribution in [2.75, 3.05) is 12.4 Å². The summed E-state index contributed by atoms with van der Waals surface area (Å²) in [5, 5.41) is 14.3. The number of halogens is 1. The Bertz CT molecular complexity index is 1120. The number of carbonyl (C=O) groups is 2. The number of tetrazole rings is 1. The van der Waals surface area contributed by atoms with Gasteiger partial charge in [0.1, 0.15) is 17.6 Å². The number of Topliss-reactive ketones (excluding diaryl/α,β-unsaturated/α-hetero) is 1. The van der Waals surface area contributed by atoms with Gasteiger partial charge in [-0.1, -0.05) is 34.9 Å². The second-order valence-corrected chi connectivity index (χ2v) is 6.50. The minimum Gasteiger partial charge on any atom is -0.464 e. The first kappa shape index (κ1) is 18.5. The molecule has 1 aromatic heterocycles. The van der Waals surface area contributed by atoms with E-state index in [2.05, 4.69) is 20.8 Å². The molecule has 1 aliphatic heterocycles. The first-order chi connectivity index (χ1) is 14.0. The van der Waals surface area contributed by atoms with E-state index in [1.54, 1.807) is 0 Å². The molecule has 3 aromatic rings. The summed E-state index contributed by atoms with van der Waals surface area (Å²) in [4.78, 5) is 25.9. The Morgan fingerprint density at radius 1 is 1.10 bits per heavy atom. The molecule has 0 saturated carbocycles. The number of esters is 1. The molecule has 1 N–H and O–H groups in total. The van der Waals surface area contributed by atoms with Crippen molar-refractivity contribution >= 4 is 17.7 Å². The summed E-state index contributed by atoms with van der Waals surface area (Å²) in [6.45, 7) is 1.94. The Hall–Kier alpha value is -3.88. The zero-order chi connectivity index (χ0) is 20.5. The first-order valence-electron chi connectivity index (χ1n) is 8.74. The monoisotopic (exact) mass is 393 g/mol. The van der Waals surface area contributed by atoms with Gasteiger partial charge in [0.25, 0.3) is 0 Å². The molecule has 146 valence electrons. The number of aryl methyl sites for hydroxylation is 1. The van der Waals surface area contributed by atoms with Crippen molar-refractivity contribution in [2.45, 2.75) is 13.0 Å². The van der Waals surface area contributed by atoms with E-state index in [0.717, 1.165) is 5.56 Å². The highest BCUT2D eigenvalue weighted by Gasteiger charge is 2.38. The van der Waals surface area contributed by atoms with Crippen LogP contribution in [0.4, 0.5) is 10.3 Å². The third-order valence-electron chi connectivity index (χ3n) is 4.65. The largest absolute Gasteiger partial charge is 0.464 e. The fraction of sp³-hybridized carbons (Fsp3) is 0.150. The lowest BCUT2D eigenvalue weighted by molar-refractivity contribution is -0.136. The van der Waals surface area contributed by atoms with Crippen LogP contribution >= 0.6 is 0 Å². The van der Waals surface area contributed by atoms with Crippen molar-refractivity contribution in [1.82, 2.24) is 20.2 Å². The van der Waals surface area contributed by atoms with Crippen LogP contribution in [0.1, 0.15) is 27.5 Å². The molecule has 8 nitrogen and oxygen atoms in total. The summed E-state index contributed by atoms with van der Waals surface area (Å²) in [7, 11) is 1.22. The normalized spacial score (nSPS) is 15.5. The maximum absolute atomic E-state index is 13.4. The molecule has 29 heavy (non-hydrogen) atoms. The van der Waals surface area contributed by atoms with Crippen LogP contribution in [0.25, 0.3) is 0 Å². The number of nitrogens with zero attached hydrogens (tertiary/aromatic N) is 4. The molecule has 9 heteroatoms. The maximum atomic E-state index is 13.4. The number of anilines is 1. The average molecular weight is 393 g/mol. The van der Waals surface area contributed by atoms with Crippen molar-refractivity contribution in [3.05, 3.63) is 82.3 Å². The number of ketones is 1. The Labute approximate surface area is 165 Å². The maximum Gasteiger partial charge on any atom is 0.355 e. The predicted octanol–water partition coefficient (Wildman–Crippen LogP) is 2.45. The highest BCUT2D eigenvalue weighted by Crippen LogP contribution is 2.36. The van der Waals surface area contributed by atoms with Crippen molar-refractivity contribution in [3.63, 3.8) is 0 Å². The Morgan fingerprint density at radius 2 is 1.79 bits per heavy atom. The SMILES string of the molecule is COC(=O)C1=C(C(=O)c2ccc(F)cc2)[C@@H](c2ccc(C)cc2)n2nnnc2N1. The van der Waals surface area contributed by atoms with Gasteiger partial charge in [0.2, 0.25) is 5.95 Å². The fourth-order valence-electron chi connectivity index (χ4n) is 3.20. The van der Waals surface area contributed by atoms with Crippen molar-refractivity contribution in [2.24, 2.45) is 0 Å². The number of rotatable bonds is 4. The summed E-state index contributed by atoms with van der Waals surface area (Å²) in [5.41, 5.74) is 2.00. The lowest BCUT2D eigenvalue weighted by atomic mass is 9.89. The van der Waals surface area contributed by atoms with Gasteiger partial charge in [-0.3, -0.25) is 4.79 Å². The van der Waals surface area contributed by atoms with E-state index >= 15 is 0 Å². The molecule has 0 amide bonds. The molecule has 2 aromatic carbocycles. The van der Waals surface area contributed by atoms with Gasteiger partial charge >= 0.3 is 5.97 Å². The molecule has 1 aliphatic rings. The molecule has 0 unspecified atom stereocenters. The molecule has 0 radical (unpaired) electrons.